The van der Waals surface area contributed by atoms with Crippen molar-refractivity contribution >= 4 is 44.0 Å². The maximum Gasteiger partial charge on any atom is 0.216 e. The lowest BCUT2D eigenvalue weighted by Crippen LogP contribution is -2.48. The van der Waals surface area contributed by atoms with Crippen molar-refractivity contribution in [3.8, 4) is 0 Å². The van der Waals surface area contributed by atoms with Crippen LogP contribution in [0.15, 0.2) is 42.5 Å². The molecule has 0 saturated carbocycles. The van der Waals surface area contributed by atoms with Gasteiger partial charge in [-0.25, -0.2) is 0 Å². The molecule has 3 N–H and O–H groups in total. The first-order valence-electron chi connectivity index (χ1n) is 7.15. The molecule has 0 aliphatic carbocycles. The van der Waals surface area contributed by atoms with E-state index in [0.29, 0.717) is 17.3 Å². The van der Waals surface area contributed by atoms with Crippen LogP contribution in [0.3, 0.4) is 0 Å². The Morgan fingerprint density at radius 1 is 1.27 bits per heavy atom. The molecule has 0 amide bonds. The minimum atomic E-state index is -2.70. The van der Waals surface area contributed by atoms with Gasteiger partial charge in [-0.05, 0) is 42.0 Å². The van der Waals surface area contributed by atoms with Gasteiger partial charge in [-0.15, -0.1) is 0 Å². The molecule has 6 heteroatoms. The first-order chi connectivity index (χ1) is 10.4. The molecule has 22 heavy (non-hydrogen) atoms. The van der Waals surface area contributed by atoms with Crippen molar-refractivity contribution in [2.45, 2.75) is 18.9 Å². The van der Waals surface area contributed by atoms with Crippen LogP contribution < -0.4 is 10.6 Å². The van der Waals surface area contributed by atoms with E-state index in [0.717, 1.165) is 11.1 Å². The van der Waals surface area contributed by atoms with Crippen molar-refractivity contribution in [3.63, 3.8) is 0 Å². The van der Waals surface area contributed by atoms with Gasteiger partial charge < -0.3 is 10.6 Å². The summed E-state index contributed by atoms with van der Waals surface area (Å²) in [4.78, 5) is 0. The summed E-state index contributed by atoms with van der Waals surface area (Å²) in [7, 11) is -2.70. The Bertz CT molecular complexity index is 778. The predicted octanol–water partition coefficient (Wildman–Crippen LogP) is 3.26. The zero-order valence-corrected chi connectivity index (χ0v) is 14.0. The van der Waals surface area contributed by atoms with Gasteiger partial charge >= 0.3 is 0 Å². The Hall–Kier alpha value is -1.50. The Balaban J connectivity index is 1.69. The van der Waals surface area contributed by atoms with Crippen LogP contribution in [0.25, 0.3) is 10.8 Å². The average Bonchev–Trinajstić information content (AvgIpc) is 2.72. The fourth-order valence-corrected chi connectivity index (χ4v) is 5.32. The van der Waals surface area contributed by atoms with Gasteiger partial charge in [0.2, 0.25) is 10.2 Å². The van der Waals surface area contributed by atoms with Crippen molar-refractivity contribution in [3.05, 3.63) is 42.5 Å². The van der Waals surface area contributed by atoms with Gasteiger partial charge in [0, 0.05) is 12.1 Å². The van der Waals surface area contributed by atoms with E-state index >= 15 is 0 Å². The number of anilines is 1. The summed E-state index contributed by atoms with van der Waals surface area (Å²) < 4.78 is 21.4. The molecule has 1 heterocycles. The summed E-state index contributed by atoms with van der Waals surface area (Å²) in [5.41, 5.74) is 0.481. The van der Waals surface area contributed by atoms with Gasteiger partial charge in [0.05, 0.1) is 5.54 Å². The lowest BCUT2D eigenvalue weighted by Gasteiger charge is -2.24. The van der Waals surface area contributed by atoms with Crippen molar-refractivity contribution in [1.29, 1.82) is 0 Å². The average molecular weight is 335 g/mol. The molecule has 0 spiro atoms. The molecule has 0 bridgehead atoms. The topological polar surface area (TPSA) is 61.4 Å². The van der Waals surface area contributed by atoms with Gasteiger partial charge in [0.1, 0.15) is 5.75 Å². The number of benzene rings is 2. The van der Waals surface area contributed by atoms with Gasteiger partial charge in [-0.2, -0.15) is 4.55 Å². The zero-order valence-electron chi connectivity index (χ0n) is 12.3. The normalized spacial score (nSPS) is 27.7. The molecule has 116 valence electrons. The van der Waals surface area contributed by atoms with Crippen molar-refractivity contribution in [2.75, 3.05) is 16.8 Å². The van der Waals surface area contributed by atoms with Crippen LogP contribution in [-0.4, -0.2) is 26.7 Å². The summed E-state index contributed by atoms with van der Waals surface area (Å²) in [6.45, 7) is 1.93. The van der Waals surface area contributed by atoms with Crippen molar-refractivity contribution < 1.29 is 8.76 Å². The second kappa shape index (κ2) is 5.61. The first kappa shape index (κ1) is 15.4. The second-order valence-electron chi connectivity index (χ2n) is 6.07. The number of fused-ring (bicyclic) bond motifs is 1. The van der Waals surface area contributed by atoms with E-state index in [1.165, 1.54) is 5.39 Å². The zero-order chi connectivity index (χ0) is 15.8. The van der Waals surface area contributed by atoms with Gasteiger partial charge in [0.15, 0.2) is 10.9 Å². The Labute approximate surface area is 136 Å². The Morgan fingerprint density at radius 3 is 2.68 bits per heavy atom. The Kier molecular flexibility index (Phi) is 3.92. The van der Waals surface area contributed by atoms with E-state index in [1.54, 1.807) is 0 Å². The van der Waals surface area contributed by atoms with E-state index < -0.39 is 15.8 Å². The van der Waals surface area contributed by atoms with Crippen LogP contribution in [0, 0.1) is 0 Å². The third-order valence-corrected chi connectivity index (χ3v) is 6.07. The van der Waals surface area contributed by atoms with E-state index in [4.69, 9.17) is 12.2 Å². The Morgan fingerprint density at radius 2 is 2.00 bits per heavy atom. The van der Waals surface area contributed by atoms with E-state index in [9.17, 15) is 8.76 Å². The maximum absolute atomic E-state index is 11.7. The number of nitrogens with one attached hydrogen (secondary N) is 2. The van der Waals surface area contributed by atoms with Crippen molar-refractivity contribution in [2.24, 2.45) is 0 Å². The second-order valence-corrected chi connectivity index (χ2v) is 8.72. The van der Waals surface area contributed by atoms with Crippen LogP contribution in [0.5, 0.6) is 0 Å². The van der Waals surface area contributed by atoms with Crippen LogP contribution in [0.4, 0.5) is 5.69 Å². The molecule has 1 aliphatic heterocycles. The van der Waals surface area contributed by atoms with Crippen molar-refractivity contribution in [1.82, 2.24) is 5.32 Å². The standard InChI is InChI=1S/C16H18N2O2S2/c1-16(8-9-22(19,20)11-16)18-15(21)17-14-7-6-12-4-2-3-5-13(12)10-14/h2-7,10H,8-9,11H2,1H3,(H2-,17,18,19,20,21)/p+1/t16-/m1/s1. The van der Waals surface area contributed by atoms with Crippen LogP contribution >= 0.6 is 12.2 Å². The van der Waals surface area contributed by atoms with E-state index in [2.05, 4.69) is 22.8 Å². The number of hydrogen-bond donors (Lipinski definition) is 3. The summed E-state index contributed by atoms with van der Waals surface area (Å²) >= 11 is 5.35. The first-order valence-corrected chi connectivity index (χ1v) is 9.41. The molecule has 2 atom stereocenters. The molecular formula is C16H19N2O2S2+. The molecule has 0 aromatic heterocycles. The van der Waals surface area contributed by atoms with E-state index in [-0.39, 0.29) is 5.75 Å². The SMILES string of the molecule is C[C@@]1(NC(=S)Nc2ccc3ccccc3c2)CC[S+](=O)(O)C1. The maximum atomic E-state index is 11.7. The highest BCUT2D eigenvalue weighted by Crippen LogP contribution is 2.26. The highest BCUT2D eigenvalue weighted by atomic mass is 32.3. The highest BCUT2D eigenvalue weighted by Gasteiger charge is 2.47. The summed E-state index contributed by atoms with van der Waals surface area (Å²) in [5.74, 6) is 0.564. The quantitative estimate of drug-likeness (QED) is 0.581. The van der Waals surface area contributed by atoms with Crippen LogP contribution in [0.2, 0.25) is 0 Å². The molecular weight excluding hydrogens is 316 g/mol. The molecule has 1 unspecified atom stereocenters. The third-order valence-electron chi connectivity index (χ3n) is 3.94. The fraction of sp³-hybridized carbons (Fsp3) is 0.312. The largest absolute Gasteiger partial charge is 0.352 e. The molecule has 1 aliphatic rings. The predicted molar refractivity (Wildman–Crippen MR) is 96.7 cm³/mol. The van der Waals surface area contributed by atoms with Crippen LogP contribution in [0.1, 0.15) is 13.3 Å². The molecule has 0 radical (unpaired) electrons. The third kappa shape index (κ3) is 3.45. The lowest BCUT2D eigenvalue weighted by atomic mass is 10.0. The van der Waals surface area contributed by atoms with Crippen LogP contribution in [-0.2, 0) is 14.4 Å². The smallest absolute Gasteiger partial charge is 0.216 e. The molecule has 4 nitrogen and oxygen atoms in total. The monoisotopic (exact) mass is 335 g/mol. The van der Waals surface area contributed by atoms with Gasteiger partial charge in [-0.1, -0.05) is 34.5 Å². The lowest BCUT2D eigenvalue weighted by molar-refractivity contribution is 0.466. The number of rotatable bonds is 2. The summed E-state index contributed by atoms with van der Waals surface area (Å²) in [6.07, 6.45) is 0.641. The highest BCUT2D eigenvalue weighted by molar-refractivity contribution is 7.98. The summed E-state index contributed by atoms with van der Waals surface area (Å²) in [5, 5.41) is 9.14. The number of hydrogen-bond acceptors (Lipinski definition) is 2. The minimum Gasteiger partial charge on any atom is -0.352 e. The summed E-state index contributed by atoms with van der Waals surface area (Å²) in [6, 6.07) is 14.2. The number of thiocarbonyl (C=S) groups is 1. The molecule has 1 saturated heterocycles. The van der Waals surface area contributed by atoms with E-state index in [1.807, 2.05) is 37.3 Å². The molecule has 1 fully saturated rings. The fourth-order valence-electron chi connectivity index (χ4n) is 2.83. The van der Waals surface area contributed by atoms with Gasteiger partial charge in [0.25, 0.3) is 0 Å². The van der Waals surface area contributed by atoms with Gasteiger partial charge in [-0.3, -0.25) is 0 Å². The minimum absolute atomic E-state index is 0.236. The molecule has 2 aromatic rings. The molecule has 3 rings (SSSR count). The molecule has 2 aromatic carbocycles.